The molecule has 0 fully saturated rings. The first-order valence-electron chi connectivity index (χ1n) is 10.4. The smallest absolute Gasteiger partial charge is 0.291 e. The zero-order valence-electron chi connectivity index (χ0n) is 17.2. The lowest BCUT2D eigenvalue weighted by molar-refractivity contribution is -0.120. The van der Waals surface area contributed by atoms with Gasteiger partial charge in [0.1, 0.15) is 24.2 Å². The molecular weight excluding hydrogens is 396 g/mol. The van der Waals surface area contributed by atoms with Crippen molar-refractivity contribution in [3.8, 4) is 5.75 Å². The van der Waals surface area contributed by atoms with Crippen molar-refractivity contribution >= 4 is 17.5 Å². The van der Waals surface area contributed by atoms with Crippen molar-refractivity contribution in [2.24, 2.45) is 5.92 Å². The molecule has 2 N–H and O–H groups in total. The number of nitrogens with zero attached hydrogens (tertiary/aromatic N) is 4. The maximum atomic E-state index is 12.9. The summed E-state index contributed by atoms with van der Waals surface area (Å²) in [5, 5.41) is 10.7. The van der Waals surface area contributed by atoms with Gasteiger partial charge in [-0.2, -0.15) is 0 Å². The second kappa shape index (κ2) is 7.99. The molecule has 3 heterocycles. The molecule has 2 aromatic rings. The van der Waals surface area contributed by atoms with Gasteiger partial charge >= 0.3 is 0 Å². The molecule has 1 unspecified atom stereocenters. The molecular formula is C22H24N6O3. The van der Waals surface area contributed by atoms with E-state index >= 15 is 0 Å². The molecule has 3 atom stereocenters. The number of rotatable bonds is 3. The molecule has 5 rings (SSSR count). The van der Waals surface area contributed by atoms with E-state index in [1.807, 2.05) is 30.4 Å². The third kappa shape index (κ3) is 3.61. The van der Waals surface area contributed by atoms with E-state index in [-0.39, 0.29) is 30.3 Å². The molecule has 9 heteroatoms. The molecule has 1 aliphatic carbocycles. The van der Waals surface area contributed by atoms with Crippen LogP contribution in [-0.2, 0) is 11.3 Å². The van der Waals surface area contributed by atoms with Crippen LogP contribution in [0.3, 0.4) is 0 Å². The molecule has 160 valence electrons. The lowest BCUT2D eigenvalue weighted by atomic mass is 9.91. The lowest BCUT2D eigenvalue weighted by Crippen LogP contribution is -2.49. The van der Waals surface area contributed by atoms with Gasteiger partial charge in [-0.1, -0.05) is 36.4 Å². The van der Waals surface area contributed by atoms with E-state index in [1.54, 1.807) is 17.8 Å². The number of hydrogen-bond acceptors (Lipinski definition) is 6. The number of allylic oxidation sites excluding steroid dienone is 3. The van der Waals surface area contributed by atoms with E-state index in [0.717, 1.165) is 18.8 Å². The molecule has 0 spiro atoms. The zero-order chi connectivity index (χ0) is 21.4. The van der Waals surface area contributed by atoms with E-state index in [1.165, 1.54) is 4.90 Å². The summed E-state index contributed by atoms with van der Waals surface area (Å²) in [7, 11) is 1.67. The van der Waals surface area contributed by atoms with Crippen molar-refractivity contribution in [1.29, 1.82) is 0 Å². The van der Waals surface area contributed by atoms with Crippen LogP contribution >= 0.6 is 0 Å². The fourth-order valence-corrected chi connectivity index (χ4v) is 4.23. The number of anilines is 1. The second-order valence-corrected chi connectivity index (χ2v) is 7.86. The summed E-state index contributed by atoms with van der Waals surface area (Å²) in [5.41, 5.74) is 0.670. The molecule has 3 aliphatic rings. The summed E-state index contributed by atoms with van der Waals surface area (Å²) in [6.45, 7) is 1.44. The summed E-state index contributed by atoms with van der Waals surface area (Å²) in [6, 6.07) is 6.46. The first-order chi connectivity index (χ1) is 15.1. The fourth-order valence-electron chi connectivity index (χ4n) is 4.23. The van der Waals surface area contributed by atoms with Gasteiger partial charge in [-0.05, 0) is 18.6 Å². The van der Waals surface area contributed by atoms with Crippen LogP contribution in [0.25, 0.3) is 0 Å². The number of hydrogen-bond donors (Lipinski definition) is 2. The standard InChI is InChI=1S/C22H24N6O3/c1-27-16-9-5-6-10-17(16)31-13-15(22(27)30)24-21(29)19-25-20-18(14-7-3-2-4-8-14)23-11-12-28(20)26-19/h2-7,9-10,14-15,18,23H,8,11-13H2,1H3,(H,24,29)/t14?,15-,18+/m0/s1. The highest BCUT2D eigenvalue weighted by molar-refractivity contribution is 6.02. The number of nitrogens with one attached hydrogen (secondary N) is 2. The molecule has 2 aliphatic heterocycles. The van der Waals surface area contributed by atoms with Crippen LogP contribution in [0, 0.1) is 5.92 Å². The van der Waals surface area contributed by atoms with Crippen LogP contribution in [0.5, 0.6) is 5.75 Å². The Morgan fingerprint density at radius 1 is 1.29 bits per heavy atom. The molecule has 2 amide bonds. The van der Waals surface area contributed by atoms with E-state index in [9.17, 15) is 9.59 Å². The van der Waals surface area contributed by atoms with E-state index in [2.05, 4.69) is 32.9 Å². The van der Waals surface area contributed by atoms with Crippen molar-refractivity contribution < 1.29 is 14.3 Å². The molecule has 9 nitrogen and oxygen atoms in total. The minimum absolute atomic E-state index is 0.00696. The summed E-state index contributed by atoms with van der Waals surface area (Å²) < 4.78 is 7.56. The maximum Gasteiger partial charge on any atom is 0.291 e. The number of benzene rings is 1. The summed E-state index contributed by atoms with van der Waals surface area (Å²) in [4.78, 5) is 31.9. The Morgan fingerprint density at radius 2 is 2.16 bits per heavy atom. The monoisotopic (exact) mass is 420 g/mol. The van der Waals surface area contributed by atoms with Gasteiger partial charge in [-0.15, -0.1) is 5.10 Å². The van der Waals surface area contributed by atoms with Gasteiger partial charge in [0.2, 0.25) is 5.82 Å². The average molecular weight is 420 g/mol. The van der Waals surface area contributed by atoms with Gasteiger partial charge in [-0.25, -0.2) is 9.67 Å². The number of ether oxygens (including phenoxy) is 1. The topological polar surface area (TPSA) is 101 Å². The number of aromatic nitrogens is 3. The molecule has 1 aromatic heterocycles. The van der Waals surface area contributed by atoms with Crippen molar-refractivity contribution in [1.82, 2.24) is 25.4 Å². The van der Waals surface area contributed by atoms with Crippen molar-refractivity contribution in [3.05, 3.63) is 60.2 Å². The molecule has 31 heavy (non-hydrogen) atoms. The largest absolute Gasteiger partial charge is 0.489 e. The van der Waals surface area contributed by atoms with Crippen LogP contribution in [0.1, 0.15) is 28.9 Å². The second-order valence-electron chi connectivity index (χ2n) is 7.86. The van der Waals surface area contributed by atoms with Gasteiger partial charge in [-0.3, -0.25) is 9.59 Å². The Hall–Kier alpha value is -3.46. The number of fused-ring (bicyclic) bond motifs is 2. The Balaban J connectivity index is 1.34. The third-order valence-electron chi connectivity index (χ3n) is 5.88. The van der Waals surface area contributed by atoms with Crippen LogP contribution in [0.4, 0.5) is 5.69 Å². The summed E-state index contributed by atoms with van der Waals surface area (Å²) >= 11 is 0. The Bertz CT molecular complexity index is 1070. The normalized spacial score (nSPS) is 24.7. The maximum absolute atomic E-state index is 12.9. The van der Waals surface area contributed by atoms with Crippen LogP contribution in [0.2, 0.25) is 0 Å². The van der Waals surface area contributed by atoms with Crippen molar-refractivity contribution in [3.63, 3.8) is 0 Å². The van der Waals surface area contributed by atoms with E-state index in [0.29, 0.717) is 18.0 Å². The average Bonchev–Trinajstić information content (AvgIpc) is 3.22. The van der Waals surface area contributed by atoms with Gasteiger partial charge in [0.05, 0.1) is 18.3 Å². The summed E-state index contributed by atoms with van der Waals surface area (Å²) in [5.74, 6) is 0.940. The summed E-state index contributed by atoms with van der Waals surface area (Å²) in [6.07, 6.45) is 9.25. The minimum atomic E-state index is -0.828. The third-order valence-corrected chi connectivity index (χ3v) is 5.88. The Morgan fingerprint density at radius 3 is 3.00 bits per heavy atom. The minimum Gasteiger partial charge on any atom is -0.489 e. The zero-order valence-corrected chi connectivity index (χ0v) is 17.2. The Kier molecular flexibility index (Phi) is 5.03. The Labute approximate surface area is 179 Å². The number of amides is 2. The van der Waals surface area contributed by atoms with Crippen molar-refractivity contribution in [2.45, 2.75) is 25.0 Å². The predicted octanol–water partition coefficient (Wildman–Crippen LogP) is 1.21. The number of carbonyl (C=O) groups is 2. The first kappa shape index (κ1) is 19.5. The van der Waals surface area contributed by atoms with Crippen LogP contribution < -0.4 is 20.3 Å². The quantitative estimate of drug-likeness (QED) is 0.774. The predicted molar refractivity (Wildman–Crippen MR) is 114 cm³/mol. The van der Waals surface area contributed by atoms with Crippen LogP contribution in [-0.4, -0.2) is 52.8 Å². The van der Waals surface area contributed by atoms with Gasteiger partial charge in [0.25, 0.3) is 11.8 Å². The molecule has 0 radical (unpaired) electrons. The van der Waals surface area contributed by atoms with Gasteiger partial charge in [0.15, 0.2) is 0 Å². The van der Waals surface area contributed by atoms with Gasteiger partial charge in [0, 0.05) is 19.5 Å². The van der Waals surface area contributed by atoms with Crippen molar-refractivity contribution in [2.75, 3.05) is 25.1 Å². The number of likely N-dealkylation sites (N-methyl/N-ethyl adjacent to an activating group) is 1. The van der Waals surface area contributed by atoms with Crippen LogP contribution in [0.15, 0.2) is 48.6 Å². The highest BCUT2D eigenvalue weighted by atomic mass is 16.5. The van der Waals surface area contributed by atoms with E-state index < -0.39 is 11.9 Å². The highest BCUT2D eigenvalue weighted by Gasteiger charge is 2.34. The fraction of sp³-hybridized carbons (Fsp3) is 0.364. The lowest BCUT2D eigenvalue weighted by Gasteiger charge is -2.29. The number of carbonyl (C=O) groups excluding carboxylic acids is 2. The molecule has 1 aromatic carbocycles. The van der Waals surface area contributed by atoms with Gasteiger partial charge < -0.3 is 20.3 Å². The highest BCUT2D eigenvalue weighted by Crippen LogP contribution is 2.31. The number of para-hydroxylation sites is 2. The molecule has 0 saturated carbocycles. The molecule has 0 saturated heterocycles. The molecule has 0 bridgehead atoms. The first-order valence-corrected chi connectivity index (χ1v) is 10.4. The SMILES string of the molecule is CN1C(=O)[C@@H](NC(=O)c2nc3n(n2)CCN[C@@H]3C2C=CC=CC2)COc2ccccc21. The van der Waals surface area contributed by atoms with E-state index in [4.69, 9.17) is 4.74 Å².